The number of rotatable bonds is 2. The van der Waals surface area contributed by atoms with Crippen molar-refractivity contribution in [1.29, 1.82) is 0 Å². The number of aromatic nitrogens is 3. The summed E-state index contributed by atoms with van der Waals surface area (Å²) in [6.45, 7) is 1.97. The van der Waals surface area contributed by atoms with Crippen LogP contribution in [0.15, 0.2) is 45.8 Å². The van der Waals surface area contributed by atoms with Gasteiger partial charge in [-0.15, -0.1) is 0 Å². The third kappa shape index (κ3) is 2.14. The van der Waals surface area contributed by atoms with Crippen LogP contribution in [0.5, 0.6) is 0 Å². The number of hydrogen-bond acceptors (Lipinski definition) is 3. The summed E-state index contributed by atoms with van der Waals surface area (Å²) in [6.07, 6.45) is 2.42. The van der Waals surface area contributed by atoms with Gasteiger partial charge in [0.2, 0.25) is 0 Å². The molecule has 100 valence electrons. The molecule has 0 aliphatic rings. The molecular weight excluding hydrogens is 318 g/mol. The Morgan fingerprint density at radius 2 is 2.05 bits per heavy atom. The number of aryl methyl sites for hydroxylation is 1. The lowest BCUT2D eigenvalue weighted by atomic mass is 10.1. The Morgan fingerprint density at radius 3 is 2.85 bits per heavy atom. The molecule has 0 radical (unpaired) electrons. The fourth-order valence-corrected chi connectivity index (χ4v) is 2.64. The van der Waals surface area contributed by atoms with E-state index in [2.05, 4.69) is 30.9 Å². The topological polar surface area (TPSA) is 58.6 Å². The van der Waals surface area contributed by atoms with E-state index >= 15 is 0 Å². The molecule has 3 aromatic rings. The monoisotopic (exact) mass is 329 g/mol. The molecule has 20 heavy (non-hydrogen) atoms. The summed E-state index contributed by atoms with van der Waals surface area (Å²) in [5, 5.41) is 0.975. The lowest BCUT2D eigenvalue weighted by Crippen LogP contribution is -2.13. The van der Waals surface area contributed by atoms with Gasteiger partial charge in [0.25, 0.3) is 5.56 Å². The van der Waals surface area contributed by atoms with Gasteiger partial charge in [-0.1, -0.05) is 25.1 Å². The number of hydrogen-bond donors (Lipinski definition) is 1. The second-order valence-electron chi connectivity index (χ2n) is 4.40. The van der Waals surface area contributed by atoms with Gasteiger partial charge in [-0.25, -0.2) is 4.98 Å². The molecule has 0 bridgehead atoms. The average Bonchev–Trinajstić information content (AvgIpc) is 2.49. The quantitative estimate of drug-likeness (QED) is 0.784. The number of benzene rings is 1. The van der Waals surface area contributed by atoms with E-state index in [4.69, 9.17) is 0 Å². The highest BCUT2D eigenvalue weighted by atomic mass is 79.9. The molecule has 1 N–H and O–H groups in total. The van der Waals surface area contributed by atoms with E-state index in [1.807, 2.05) is 37.3 Å². The highest BCUT2D eigenvalue weighted by molar-refractivity contribution is 9.10. The van der Waals surface area contributed by atoms with E-state index in [0.717, 1.165) is 22.2 Å². The van der Waals surface area contributed by atoms with Gasteiger partial charge >= 0.3 is 0 Å². The fourth-order valence-electron chi connectivity index (χ4n) is 2.17. The van der Waals surface area contributed by atoms with Gasteiger partial charge in [0.1, 0.15) is 10.3 Å². The Kier molecular flexibility index (Phi) is 3.36. The summed E-state index contributed by atoms with van der Waals surface area (Å²) in [4.78, 5) is 23.7. The van der Waals surface area contributed by atoms with E-state index < -0.39 is 0 Å². The Labute approximate surface area is 124 Å². The van der Waals surface area contributed by atoms with Gasteiger partial charge in [-0.3, -0.25) is 9.78 Å². The highest BCUT2D eigenvalue weighted by Gasteiger charge is 2.11. The minimum Gasteiger partial charge on any atom is -0.306 e. The molecule has 1 aromatic carbocycles. The highest BCUT2D eigenvalue weighted by Crippen LogP contribution is 2.25. The minimum atomic E-state index is -0.159. The molecule has 0 saturated carbocycles. The summed E-state index contributed by atoms with van der Waals surface area (Å²) in [5.74, 6) is 0.577. The minimum absolute atomic E-state index is 0.159. The number of halogens is 1. The van der Waals surface area contributed by atoms with Crippen LogP contribution >= 0.6 is 15.9 Å². The largest absolute Gasteiger partial charge is 0.306 e. The first-order valence-electron chi connectivity index (χ1n) is 6.33. The number of H-pyrrole nitrogens is 1. The number of pyridine rings is 1. The van der Waals surface area contributed by atoms with Gasteiger partial charge in [0, 0.05) is 17.1 Å². The van der Waals surface area contributed by atoms with Crippen LogP contribution < -0.4 is 5.56 Å². The smallest absolute Gasteiger partial charge is 0.265 e. The molecule has 2 aromatic heterocycles. The van der Waals surface area contributed by atoms with Gasteiger partial charge in [-0.2, -0.15) is 0 Å². The lowest BCUT2D eigenvalue weighted by Gasteiger charge is -2.07. The van der Waals surface area contributed by atoms with Crippen molar-refractivity contribution in [2.45, 2.75) is 13.3 Å². The van der Waals surface area contributed by atoms with Crippen LogP contribution in [0.1, 0.15) is 12.6 Å². The summed E-state index contributed by atoms with van der Waals surface area (Å²) >= 11 is 3.28. The van der Waals surface area contributed by atoms with Crippen molar-refractivity contribution in [1.82, 2.24) is 15.0 Å². The predicted molar refractivity (Wildman–Crippen MR) is 82.7 cm³/mol. The van der Waals surface area contributed by atoms with Crippen LogP contribution in [0.3, 0.4) is 0 Å². The maximum atomic E-state index is 12.0. The molecule has 0 unspecified atom stereocenters. The zero-order chi connectivity index (χ0) is 14.1. The maximum absolute atomic E-state index is 12.0. The second kappa shape index (κ2) is 5.17. The molecule has 0 saturated heterocycles. The summed E-state index contributed by atoms with van der Waals surface area (Å²) < 4.78 is 0.502. The van der Waals surface area contributed by atoms with Gasteiger partial charge < -0.3 is 4.98 Å². The second-order valence-corrected chi connectivity index (χ2v) is 5.20. The molecule has 0 aliphatic carbocycles. The number of para-hydroxylation sites is 1. The summed E-state index contributed by atoms with van der Waals surface area (Å²) in [6, 6.07) is 9.68. The molecule has 0 spiro atoms. The molecule has 2 heterocycles. The lowest BCUT2D eigenvalue weighted by molar-refractivity contribution is 0.971. The van der Waals surface area contributed by atoms with Crippen molar-refractivity contribution < 1.29 is 0 Å². The number of nitrogens with zero attached hydrogens (tertiary/aromatic N) is 2. The van der Waals surface area contributed by atoms with Crippen LogP contribution in [0, 0.1) is 0 Å². The normalized spacial score (nSPS) is 10.9. The van der Waals surface area contributed by atoms with Gasteiger partial charge in [0.05, 0.1) is 11.2 Å². The predicted octanol–water partition coefficient (Wildman–Crippen LogP) is 3.31. The van der Waals surface area contributed by atoms with Crippen molar-refractivity contribution >= 4 is 26.8 Å². The molecule has 0 aliphatic heterocycles. The third-order valence-corrected chi connectivity index (χ3v) is 3.99. The van der Waals surface area contributed by atoms with E-state index in [-0.39, 0.29) is 5.56 Å². The Balaban J connectivity index is 2.31. The van der Waals surface area contributed by atoms with Gasteiger partial charge in [0.15, 0.2) is 0 Å². The van der Waals surface area contributed by atoms with Gasteiger partial charge in [-0.05, 0) is 34.5 Å². The van der Waals surface area contributed by atoms with Crippen LogP contribution in [-0.2, 0) is 6.42 Å². The molecular formula is C15H12BrN3O. The van der Waals surface area contributed by atoms with Crippen molar-refractivity contribution in [2.75, 3.05) is 0 Å². The third-order valence-electron chi connectivity index (χ3n) is 3.17. The molecule has 4 nitrogen and oxygen atoms in total. The summed E-state index contributed by atoms with van der Waals surface area (Å²) in [5.41, 5.74) is 2.36. The Bertz CT molecular complexity index is 837. The standard InChI is InChI=1S/C15H12BrN3O/c1-2-11-13(16)15(20)19-14(18-11)10-7-8-17-12-6-4-3-5-9(10)12/h3-8H,2H2,1H3,(H,18,19,20). The Morgan fingerprint density at radius 1 is 1.25 bits per heavy atom. The average molecular weight is 330 g/mol. The fraction of sp³-hybridized carbons (Fsp3) is 0.133. The summed E-state index contributed by atoms with van der Waals surface area (Å²) in [7, 11) is 0. The van der Waals surface area contributed by atoms with Crippen molar-refractivity contribution in [3.63, 3.8) is 0 Å². The zero-order valence-corrected chi connectivity index (χ0v) is 12.4. The van der Waals surface area contributed by atoms with E-state index in [9.17, 15) is 4.79 Å². The molecule has 3 rings (SSSR count). The van der Waals surface area contributed by atoms with Crippen molar-refractivity contribution in [2.24, 2.45) is 0 Å². The molecule has 0 atom stereocenters. The van der Waals surface area contributed by atoms with Crippen LogP contribution in [0.2, 0.25) is 0 Å². The van der Waals surface area contributed by atoms with Crippen LogP contribution in [-0.4, -0.2) is 15.0 Å². The van der Waals surface area contributed by atoms with E-state index in [0.29, 0.717) is 16.7 Å². The molecule has 5 heteroatoms. The van der Waals surface area contributed by atoms with Crippen molar-refractivity contribution in [3.8, 4) is 11.4 Å². The van der Waals surface area contributed by atoms with E-state index in [1.165, 1.54) is 0 Å². The molecule has 0 fully saturated rings. The zero-order valence-electron chi connectivity index (χ0n) is 10.9. The molecule has 0 amide bonds. The van der Waals surface area contributed by atoms with Crippen LogP contribution in [0.4, 0.5) is 0 Å². The maximum Gasteiger partial charge on any atom is 0.265 e. The first-order chi connectivity index (χ1) is 9.70. The number of nitrogens with one attached hydrogen (secondary N) is 1. The number of fused-ring (bicyclic) bond motifs is 1. The van der Waals surface area contributed by atoms with Crippen molar-refractivity contribution in [3.05, 3.63) is 57.0 Å². The SMILES string of the molecule is CCc1nc(-c2ccnc3ccccc23)[nH]c(=O)c1Br. The number of aromatic amines is 1. The first kappa shape index (κ1) is 13.0. The van der Waals surface area contributed by atoms with E-state index in [1.54, 1.807) is 6.20 Å². The first-order valence-corrected chi connectivity index (χ1v) is 7.13. The Hall–Kier alpha value is -2.01. The van der Waals surface area contributed by atoms with Crippen LogP contribution in [0.25, 0.3) is 22.3 Å².